The minimum Gasteiger partial charge on any atom is -0.480 e. The third-order valence-electron chi connectivity index (χ3n) is 4.55. The lowest BCUT2D eigenvalue weighted by atomic mass is 9.89. The molecule has 0 aliphatic heterocycles. The molecule has 0 amide bonds. The van der Waals surface area contributed by atoms with Gasteiger partial charge in [-0.15, -0.1) is 0 Å². The van der Waals surface area contributed by atoms with Crippen LogP contribution in [0.5, 0.6) is 0 Å². The fourth-order valence-electron chi connectivity index (χ4n) is 3.33. The highest BCUT2D eigenvalue weighted by Crippen LogP contribution is 2.40. The Morgan fingerprint density at radius 1 is 1.24 bits per heavy atom. The largest absolute Gasteiger partial charge is 0.480 e. The summed E-state index contributed by atoms with van der Waals surface area (Å²) in [6.45, 7) is 0. The fraction of sp³-hybridized carbons (Fsp3) is 0.529. The lowest BCUT2D eigenvalue weighted by Crippen LogP contribution is -2.47. The third kappa shape index (κ3) is 5.02. The molecule has 0 spiro atoms. The number of methoxy groups -OCH3 is 1. The van der Waals surface area contributed by atoms with E-state index in [9.17, 15) is 23.1 Å². The van der Waals surface area contributed by atoms with E-state index in [1.54, 1.807) is 30.3 Å². The number of rotatable bonds is 8. The standard InChI is InChI=1S/C17H23NO6S/c1-24-16(21)17(9-5-6-10-17)12-25(22,23)18-14(15(19)20)11-13-7-3-2-4-8-13/h2-4,7-8,14,18H,5-6,9-12H2,1H3,(H,19,20)/t14-/m0/s1. The first kappa shape index (κ1) is 19.4. The molecule has 8 heteroatoms. The highest BCUT2D eigenvalue weighted by molar-refractivity contribution is 7.89. The van der Waals surface area contributed by atoms with E-state index in [0.29, 0.717) is 18.4 Å². The average Bonchev–Trinajstić information content (AvgIpc) is 3.03. The Morgan fingerprint density at radius 2 is 1.84 bits per heavy atom. The number of hydrogen-bond acceptors (Lipinski definition) is 5. The molecule has 1 aliphatic carbocycles. The first-order chi connectivity index (χ1) is 11.8. The molecule has 0 unspecified atom stereocenters. The second-order valence-corrected chi connectivity index (χ2v) is 8.19. The van der Waals surface area contributed by atoms with Gasteiger partial charge in [0.15, 0.2) is 0 Å². The number of carbonyl (C=O) groups excluding carboxylic acids is 1. The predicted molar refractivity (Wildman–Crippen MR) is 91.4 cm³/mol. The zero-order valence-corrected chi connectivity index (χ0v) is 14.9. The quantitative estimate of drug-likeness (QED) is 0.669. The van der Waals surface area contributed by atoms with Gasteiger partial charge in [0.1, 0.15) is 6.04 Å². The summed E-state index contributed by atoms with van der Waals surface area (Å²) < 4.78 is 32.1. The van der Waals surface area contributed by atoms with Crippen LogP contribution in [-0.2, 0) is 30.8 Å². The van der Waals surface area contributed by atoms with Crippen LogP contribution in [-0.4, -0.2) is 44.4 Å². The number of aliphatic carboxylic acids is 1. The van der Waals surface area contributed by atoms with E-state index in [1.807, 2.05) is 0 Å². The van der Waals surface area contributed by atoms with Gasteiger partial charge in [0.25, 0.3) is 0 Å². The zero-order valence-electron chi connectivity index (χ0n) is 14.1. The van der Waals surface area contributed by atoms with Gasteiger partial charge < -0.3 is 9.84 Å². The van der Waals surface area contributed by atoms with E-state index in [-0.39, 0.29) is 6.42 Å². The Bertz CT molecular complexity index is 710. The van der Waals surface area contributed by atoms with Crippen LogP contribution in [0, 0.1) is 5.41 Å². The van der Waals surface area contributed by atoms with Crippen LogP contribution in [0.1, 0.15) is 31.2 Å². The molecular weight excluding hydrogens is 346 g/mol. The molecule has 2 rings (SSSR count). The Kier molecular flexibility index (Phi) is 6.18. The summed E-state index contributed by atoms with van der Waals surface area (Å²) in [7, 11) is -2.74. The van der Waals surface area contributed by atoms with E-state index in [2.05, 4.69) is 4.72 Å². The van der Waals surface area contributed by atoms with Crippen LogP contribution >= 0.6 is 0 Å². The van der Waals surface area contributed by atoms with Crippen LogP contribution in [0.4, 0.5) is 0 Å². The van der Waals surface area contributed by atoms with Crippen molar-refractivity contribution in [2.24, 2.45) is 5.41 Å². The van der Waals surface area contributed by atoms with Crippen molar-refractivity contribution in [1.82, 2.24) is 4.72 Å². The smallest absolute Gasteiger partial charge is 0.322 e. The van der Waals surface area contributed by atoms with Crippen molar-refractivity contribution < 1.29 is 27.9 Å². The molecule has 0 radical (unpaired) electrons. The summed E-state index contributed by atoms with van der Waals surface area (Å²) in [5.41, 5.74) is -0.378. The van der Waals surface area contributed by atoms with Gasteiger partial charge in [-0.3, -0.25) is 9.59 Å². The van der Waals surface area contributed by atoms with Crippen molar-refractivity contribution in [2.75, 3.05) is 12.9 Å². The number of carbonyl (C=O) groups is 2. The van der Waals surface area contributed by atoms with Crippen LogP contribution in [0.3, 0.4) is 0 Å². The van der Waals surface area contributed by atoms with Crippen LogP contribution < -0.4 is 4.72 Å². The number of nitrogens with one attached hydrogen (secondary N) is 1. The highest BCUT2D eigenvalue weighted by atomic mass is 32.2. The SMILES string of the molecule is COC(=O)C1(CS(=O)(=O)N[C@@H](Cc2ccccc2)C(=O)O)CCCC1. The molecule has 1 aromatic carbocycles. The number of hydrogen-bond donors (Lipinski definition) is 2. The van der Waals surface area contributed by atoms with Crippen LogP contribution in [0.15, 0.2) is 30.3 Å². The van der Waals surface area contributed by atoms with Gasteiger partial charge in [-0.1, -0.05) is 43.2 Å². The maximum Gasteiger partial charge on any atom is 0.322 e. The van der Waals surface area contributed by atoms with Gasteiger partial charge >= 0.3 is 11.9 Å². The summed E-state index contributed by atoms with van der Waals surface area (Å²) in [6, 6.07) is 7.49. The maximum absolute atomic E-state index is 12.5. The molecule has 25 heavy (non-hydrogen) atoms. The summed E-state index contributed by atoms with van der Waals surface area (Å²) >= 11 is 0. The van der Waals surface area contributed by atoms with Crippen molar-refractivity contribution in [3.63, 3.8) is 0 Å². The van der Waals surface area contributed by atoms with E-state index >= 15 is 0 Å². The first-order valence-electron chi connectivity index (χ1n) is 8.13. The van der Waals surface area contributed by atoms with E-state index in [4.69, 9.17) is 4.74 Å². The number of carboxylic acid groups (broad SMARTS) is 1. The molecule has 1 aliphatic rings. The second-order valence-electron chi connectivity index (χ2n) is 6.44. The number of ether oxygens (including phenoxy) is 1. The number of esters is 1. The van der Waals surface area contributed by atoms with E-state index in [0.717, 1.165) is 12.8 Å². The minimum absolute atomic E-state index is 0.0284. The predicted octanol–water partition coefficient (Wildman–Crippen LogP) is 1.34. The van der Waals surface area contributed by atoms with Crippen LogP contribution in [0.25, 0.3) is 0 Å². The molecule has 1 atom stereocenters. The highest BCUT2D eigenvalue weighted by Gasteiger charge is 2.46. The Hall–Kier alpha value is -1.93. The van der Waals surface area contributed by atoms with Crippen molar-refractivity contribution >= 4 is 22.0 Å². The van der Waals surface area contributed by atoms with Gasteiger partial charge in [0.2, 0.25) is 10.0 Å². The molecule has 1 saturated carbocycles. The Morgan fingerprint density at radius 3 is 2.36 bits per heavy atom. The van der Waals surface area contributed by atoms with E-state index < -0.39 is 39.2 Å². The molecule has 0 bridgehead atoms. The van der Waals surface area contributed by atoms with E-state index in [1.165, 1.54) is 7.11 Å². The molecule has 2 N–H and O–H groups in total. The van der Waals surface area contributed by atoms with Crippen molar-refractivity contribution in [3.8, 4) is 0 Å². The normalized spacial score (nSPS) is 17.8. The van der Waals surface area contributed by atoms with Crippen molar-refractivity contribution in [2.45, 2.75) is 38.1 Å². The molecule has 1 fully saturated rings. The molecule has 1 aromatic rings. The molecule has 0 heterocycles. The molecular formula is C17H23NO6S. The first-order valence-corrected chi connectivity index (χ1v) is 9.78. The molecule has 0 saturated heterocycles. The maximum atomic E-state index is 12.5. The minimum atomic E-state index is -3.97. The van der Waals surface area contributed by atoms with Gasteiger partial charge in [-0.05, 0) is 24.8 Å². The van der Waals surface area contributed by atoms with Gasteiger partial charge in [0.05, 0.1) is 18.3 Å². The number of carboxylic acids is 1. The Balaban J connectivity index is 2.14. The van der Waals surface area contributed by atoms with Gasteiger partial charge in [0, 0.05) is 0 Å². The summed E-state index contributed by atoms with van der Waals surface area (Å²) in [5.74, 6) is -2.26. The van der Waals surface area contributed by atoms with Crippen molar-refractivity contribution in [1.29, 1.82) is 0 Å². The topological polar surface area (TPSA) is 110 Å². The van der Waals surface area contributed by atoms with Crippen LogP contribution in [0.2, 0.25) is 0 Å². The molecule has 138 valence electrons. The second kappa shape index (κ2) is 7.97. The zero-order chi connectivity index (χ0) is 18.5. The van der Waals surface area contributed by atoms with Crippen molar-refractivity contribution in [3.05, 3.63) is 35.9 Å². The lowest BCUT2D eigenvalue weighted by Gasteiger charge is -2.26. The molecule has 0 aromatic heterocycles. The van der Waals surface area contributed by atoms with Gasteiger partial charge in [-0.25, -0.2) is 13.1 Å². The molecule has 7 nitrogen and oxygen atoms in total. The summed E-state index contributed by atoms with van der Waals surface area (Å²) in [4.78, 5) is 23.6. The number of benzene rings is 1. The average molecular weight is 369 g/mol. The Labute approximate surface area is 147 Å². The summed E-state index contributed by atoms with van der Waals surface area (Å²) in [6.07, 6.45) is 2.38. The lowest BCUT2D eigenvalue weighted by molar-refractivity contribution is -0.151. The fourth-order valence-corrected chi connectivity index (χ4v) is 5.16. The third-order valence-corrected chi connectivity index (χ3v) is 6.12. The summed E-state index contributed by atoms with van der Waals surface area (Å²) in [5, 5.41) is 9.36. The van der Waals surface area contributed by atoms with Gasteiger partial charge in [-0.2, -0.15) is 0 Å². The number of sulfonamides is 1. The monoisotopic (exact) mass is 369 g/mol.